The monoisotopic (exact) mass is 383 g/mol. The maximum Gasteiger partial charge on any atom is 0.111 e. The highest BCUT2D eigenvalue weighted by molar-refractivity contribution is 5.15. The summed E-state index contributed by atoms with van der Waals surface area (Å²) in [5.41, 5.74) is 10.9. The topological polar surface area (TPSA) is 108 Å². The molecule has 28 heavy (non-hydrogen) atoms. The Morgan fingerprint density at radius 1 is 0.929 bits per heavy atom. The summed E-state index contributed by atoms with van der Waals surface area (Å²) in [6.07, 6.45) is -1.91. The molecule has 0 amide bonds. The summed E-state index contributed by atoms with van der Waals surface area (Å²) in [6.45, 7) is 0.384. The van der Waals surface area contributed by atoms with Gasteiger partial charge in [0.15, 0.2) is 0 Å². The van der Waals surface area contributed by atoms with Crippen LogP contribution in [-0.4, -0.2) is 41.2 Å². The van der Waals surface area contributed by atoms with Gasteiger partial charge in [-0.05, 0) is 23.1 Å². The third kappa shape index (κ3) is 5.10. The SMILES string of the molecule is [N-]=[N+]=N[C@@H]1C[C@@H](CO)[C@H](O)[C@@H](OCc2ccccc2)[C@@H]1OCc1ccccc1. The normalized spacial score (nSPS) is 27.1. The maximum atomic E-state index is 10.8. The lowest BCUT2D eigenvalue weighted by Crippen LogP contribution is -2.55. The molecule has 0 radical (unpaired) electrons. The Morgan fingerprint density at radius 3 is 1.96 bits per heavy atom. The van der Waals surface area contributed by atoms with Crippen molar-refractivity contribution in [3.8, 4) is 0 Å². The lowest BCUT2D eigenvalue weighted by molar-refractivity contribution is -0.177. The predicted octanol–water partition coefficient (Wildman–Crippen LogP) is 3.21. The van der Waals surface area contributed by atoms with E-state index in [0.29, 0.717) is 13.0 Å². The molecule has 1 aliphatic carbocycles. The second-order valence-corrected chi connectivity index (χ2v) is 6.96. The molecule has 2 aromatic carbocycles. The molecule has 1 aliphatic rings. The average Bonchev–Trinajstić information content (AvgIpc) is 2.74. The van der Waals surface area contributed by atoms with Crippen LogP contribution in [0.15, 0.2) is 65.8 Å². The molecule has 0 spiro atoms. The summed E-state index contributed by atoms with van der Waals surface area (Å²) in [5.74, 6) is -0.437. The van der Waals surface area contributed by atoms with Crippen molar-refractivity contribution in [1.29, 1.82) is 0 Å². The highest BCUT2D eigenvalue weighted by Crippen LogP contribution is 2.32. The molecule has 2 aromatic rings. The summed E-state index contributed by atoms with van der Waals surface area (Å²) in [5, 5.41) is 24.3. The van der Waals surface area contributed by atoms with Crippen molar-refractivity contribution in [3.05, 3.63) is 82.2 Å². The molecule has 0 aliphatic heterocycles. The van der Waals surface area contributed by atoms with Crippen LogP contribution in [0.25, 0.3) is 10.4 Å². The van der Waals surface area contributed by atoms with Crippen molar-refractivity contribution in [2.24, 2.45) is 11.0 Å². The smallest absolute Gasteiger partial charge is 0.111 e. The van der Waals surface area contributed by atoms with E-state index in [1.165, 1.54) is 0 Å². The minimum atomic E-state index is -0.917. The Kier molecular flexibility index (Phi) is 7.42. The minimum Gasteiger partial charge on any atom is -0.396 e. The van der Waals surface area contributed by atoms with E-state index in [1.807, 2.05) is 60.7 Å². The summed E-state index contributed by atoms with van der Waals surface area (Å²) < 4.78 is 12.1. The summed E-state index contributed by atoms with van der Waals surface area (Å²) in [4.78, 5) is 2.94. The van der Waals surface area contributed by atoms with Crippen molar-refractivity contribution in [2.75, 3.05) is 6.61 Å². The highest BCUT2D eigenvalue weighted by Gasteiger charge is 2.45. The van der Waals surface area contributed by atoms with Gasteiger partial charge in [0.1, 0.15) is 6.10 Å². The first-order valence-electron chi connectivity index (χ1n) is 9.37. The van der Waals surface area contributed by atoms with Crippen LogP contribution >= 0.6 is 0 Å². The third-order valence-corrected chi connectivity index (χ3v) is 5.07. The largest absolute Gasteiger partial charge is 0.396 e. The van der Waals surface area contributed by atoms with Crippen LogP contribution < -0.4 is 0 Å². The van der Waals surface area contributed by atoms with Crippen molar-refractivity contribution in [1.82, 2.24) is 0 Å². The Hall–Kier alpha value is -2.41. The summed E-state index contributed by atoms with van der Waals surface area (Å²) >= 11 is 0. The maximum absolute atomic E-state index is 10.8. The van der Waals surface area contributed by atoms with Crippen LogP contribution in [0.5, 0.6) is 0 Å². The highest BCUT2D eigenvalue weighted by atomic mass is 16.5. The second kappa shape index (κ2) is 10.2. The number of aliphatic hydroxyl groups excluding tert-OH is 2. The molecule has 0 heterocycles. The predicted molar refractivity (Wildman–Crippen MR) is 104 cm³/mol. The first kappa shape index (κ1) is 20.3. The van der Waals surface area contributed by atoms with Gasteiger partial charge in [0.2, 0.25) is 0 Å². The van der Waals surface area contributed by atoms with Crippen LogP contribution in [0.3, 0.4) is 0 Å². The van der Waals surface area contributed by atoms with Gasteiger partial charge in [-0.3, -0.25) is 0 Å². The third-order valence-electron chi connectivity index (χ3n) is 5.07. The molecule has 0 saturated heterocycles. The number of ether oxygens (including phenoxy) is 2. The molecule has 148 valence electrons. The van der Waals surface area contributed by atoms with E-state index in [2.05, 4.69) is 10.0 Å². The molecule has 0 aromatic heterocycles. The zero-order valence-corrected chi connectivity index (χ0v) is 15.5. The number of rotatable bonds is 8. The van der Waals surface area contributed by atoms with Gasteiger partial charge < -0.3 is 19.7 Å². The van der Waals surface area contributed by atoms with Crippen molar-refractivity contribution < 1.29 is 19.7 Å². The molecular weight excluding hydrogens is 358 g/mol. The zero-order valence-electron chi connectivity index (χ0n) is 15.5. The van der Waals surface area contributed by atoms with Gasteiger partial charge in [0.05, 0.1) is 31.5 Å². The zero-order chi connectivity index (χ0) is 19.8. The van der Waals surface area contributed by atoms with E-state index in [-0.39, 0.29) is 13.2 Å². The van der Waals surface area contributed by atoms with Gasteiger partial charge in [-0.2, -0.15) is 0 Å². The summed E-state index contributed by atoms with van der Waals surface area (Å²) in [6, 6.07) is 18.7. The van der Waals surface area contributed by atoms with E-state index >= 15 is 0 Å². The number of benzene rings is 2. The van der Waals surface area contributed by atoms with Crippen molar-refractivity contribution >= 4 is 0 Å². The van der Waals surface area contributed by atoms with Gasteiger partial charge in [0.25, 0.3) is 0 Å². The molecule has 7 nitrogen and oxygen atoms in total. The van der Waals surface area contributed by atoms with Crippen LogP contribution in [-0.2, 0) is 22.7 Å². The number of hydrogen-bond donors (Lipinski definition) is 2. The minimum absolute atomic E-state index is 0.213. The van der Waals surface area contributed by atoms with Crippen molar-refractivity contribution in [3.63, 3.8) is 0 Å². The van der Waals surface area contributed by atoms with Crippen LogP contribution in [0.4, 0.5) is 0 Å². The van der Waals surface area contributed by atoms with E-state index < -0.39 is 30.3 Å². The number of aliphatic hydroxyl groups is 2. The van der Waals surface area contributed by atoms with Gasteiger partial charge in [-0.15, -0.1) is 0 Å². The van der Waals surface area contributed by atoms with Crippen molar-refractivity contribution in [2.45, 2.75) is 44.0 Å². The molecule has 1 saturated carbocycles. The lowest BCUT2D eigenvalue weighted by atomic mass is 9.80. The number of hydrogen-bond acceptors (Lipinski definition) is 5. The molecule has 2 N–H and O–H groups in total. The lowest BCUT2D eigenvalue weighted by Gasteiger charge is -2.42. The fourth-order valence-corrected chi connectivity index (χ4v) is 3.56. The number of azide groups is 1. The van der Waals surface area contributed by atoms with E-state index in [4.69, 9.17) is 15.0 Å². The molecular formula is C21H25N3O4. The van der Waals surface area contributed by atoms with E-state index in [1.54, 1.807) is 0 Å². The van der Waals surface area contributed by atoms with Gasteiger partial charge >= 0.3 is 0 Å². The molecule has 0 bridgehead atoms. The molecule has 1 fully saturated rings. The van der Waals surface area contributed by atoms with Gasteiger partial charge in [0, 0.05) is 17.4 Å². The van der Waals surface area contributed by atoms with Gasteiger partial charge in [-0.25, -0.2) is 0 Å². The first-order chi connectivity index (χ1) is 13.7. The Bertz CT molecular complexity index is 768. The second-order valence-electron chi connectivity index (χ2n) is 6.96. The quantitative estimate of drug-likeness (QED) is 0.414. The van der Waals surface area contributed by atoms with Crippen LogP contribution in [0, 0.1) is 5.92 Å². The Balaban J connectivity index is 1.78. The fraction of sp³-hybridized carbons (Fsp3) is 0.429. The van der Waals surface area contributed by atoms with Gasteiger partial charge in [-0.1, -0.05) is 65.8 Å². The van der Waals surface area contributed by atoms with Crippen LogP contribution in [0.1, 0.15) is 17.5 Å². The molecule has 7 heteroatoms. The molecule has 3 rings (SSSR count). The number of nitrogens with zero attached hydrogens (tertiary/aromatic N) is 3. The molecule has 0 unspecified atom stereocenters. The first-order valence-corrected chi connectivity index (χ1v) is 9.37. The Morgan fingerprint density at radius 2 is 1.46 bits per heavy atom. The Labute approximate surface area is 164 Å². The standard InChI is InChI=1S/C21H25N3O4/c22-24-23-18-11-17(12-25)19(26)21(28-14-16-9-5-2-6-10-16)20(18)27-13-15-7-3-1-4-8-15/h1-10,17-21,25-26H,11-14H2/t17-,18+,19-,20+,21+/m0/s1. The van der Waals surface area contributed by atoms with Crippen LogP contribution in [0.2, 0.25) is 0 Å². The van der Waals surface area contributed by atoms with E-state index in [0.717, 1.165) is 11.1 Å². The summed E-state index contributed by atoms with van der Waals surface area (Å²) in [7, 11) is 0. The average molecular weight is 383 g/mol. The van der Waals surface area contributed by atoms with E-state index in [9.17, 15) is 10.2 Å². The fourth-order valence-electron chi connectivity index (χ4n) is 3.56. The molecule has 5 atom stereocenters.